The second kappa shape index (κ2) is 4.74. The molecule has 0 amide bonds. The van der Waals surface area contributed by atoms with Crippen molar-refractivity contribution in [2.24, 2.45) is 0 Å². The van der Waals surface area contributed by atoms with Gasteiger partial charge in [0.25, 0.3) is 0 Å². The van der Waals surface area contributed by atoms with Crippen LogP contribution in [0.5, 0.6) is 0 Å². The number of carboxylic acids is 1. The van der Waals surface area contributed by atoms with Gasteiger partial charge in [-0.2, -0.15) is 0 Å². The second-order valence-electron chi connectivity index (χ2n) is 4.28. The summed E-state index contributed by atoms with van der Waals surface area (Å²) in [4.78, 5) is 23.2. The van der Waals surface area contributed by atoms with Gasteiger partial charge in [0.15, 0.2) is 5.76 Å². The minimum atomic E-state index is -0.844. The van der Waals surface area contributed by atoms with Gasteiger partial charge in [-0.25, -0.2) is 0 Å². The fraction of sp³-hybridized carbons (Fsp3) is 0.231. The lowest BCUT2D eigenvalue weighted by molar-refractivity contribution is -0.138. The van der Waals surface area contributed by atoms with Crippen molar-refractivity contribution in [1.82, 2.24) is 10.7 Å². The summed E-state index contributed by atoms with van der Waals surface area (Å²) in [7, 11) is 0. The highest BCUT2D eigenvalue weighted by Gasteiger charge is 2.32. The van der Waals surface area contributed by atoms with Crippen LogP contribution in [-0.4, -0.2) is 21.4 Å². The van der Waals surface area contributed by atoms with Crippen LogP contribution in [0.3, 0.4) is 0 Å². The molecule has 1 aliphatic rings. The van der Waals surface area contributed by atoms with Gasteiger partial charge in [0, 0.05) is 12.2 Å². The summed E-state index contributed by atoms with van der Waals surface area (Å²) in [5.74, 6) is -1.29. The zero-order valence-electron chi connectivity index (χ0n) is 10.2. The summed E-state index contributed by atoms with van der Waals surface area (Å²) in [6, 6.07) is 6.63. The van der Waals surface area contributed by atoms with Crippen LogP contribution < -0.4 is 6.15 Å². The number of carbonyl (C=O) groups excluding carboxylic acids is 1. The Morgan fingerprint density at radius 2 is 2.11 bits per heavy atom. The summed E-state index contributed by atoms with van der Waals surface area (Å²) >= 11 is 0. The molecule has 3 heterocycles. The average Bonchev–Trinajstić information content (AvgIpc) is 3.04. The molecular formula is C13H14N2O4. The maximum Gasteiger partial charge on any atom is 0.312 e. The highest BCUT2D eigenvalue weighted by atomic mass is 16.4. The molecule has 0 saturated carbocycles. The van der Waals surface area contributed by atoms with Gasteiger partial charge < -0.3 is 20.2 Å². The van der Waals surface area contributed by atoms with Crippen molar-refractivity contribution in [1.29, 1.82) is 0 Å². The van der Waals surface area contributed by atoms with E-state index in [1.165, 1.54) is 6.26 Å². The van der Waals surface area contributed by atoms with Crippen LogP contribution in [0.25, 0.3) is 0 Å². The molecule has 3 rings (SSSR count). The summed E-state index contributed by atoms with van der Waals surface area (Å²) in [6.07, 6.45) is 1.98. The standard InChI is InChI=1S/C13H11NO4.H3N/c15-12(11-2-1-7-18-11)10-4-3-9-8(13(16)17)5-6-14(9)10;/h1-4,7-8H,5-6H2,(H,16,17);1H3. The van der Waals surface area contributed by atoms with Gasteiger partial charge in [0.2, 0.25) is 5.78 Å². The van der Waals surface area contributed by atoms with Gasteiger partial charge in [-0.1, -0.05) is 0 Å². The van der Waals surface area contributed by atoms with E-state index in [-0.39, 0.29) is 17.7 Å². The predicted octanol–water partition coefficient (Wildman–Crippen LogP) is 2.05. The van der Waals surface area contributed by atoms with Crippen molar-refractivity contribution in [3.8, 4) is 0 Å². The van der Waals surface area contributed by atoms with Crippen molar-refractivity contribution >= 4 is 11.8 Å². The summed E-state index contributed by atoms with van der Waals surface area (Å²) in [5.41, 5.74) is 1.18. The first-order valence-corrected chi connectivity index (χ1v) is 5.69. The molecule has 19 heavy (non-hydrogen) atoms. The molecule has 4 N–H and O–H groups in total. The van der Waals surface area contributed by atoms with Gasteiger partial charge in [0.1, 0.15) is 0 Å². The third kappa shape index (κ3) is 1.96. The van der Waals surface area contributed by atoms with E-state index in [2.05, 4.69) is 0 Å². The van der Waals surface area contributed by atoms with Gasteiger partial charge in [0.05, 0.1) is 17.9 Å². The summed E-state index contributed by atoms with van der Waals surface area (Å²) in [5, 5.41) is 9.08. The number of rotatable bonds is 3. The maximum atomic E-state index is 12.1. The largest absolute Gasteiger partial charge is 0.481 e. The Balaban J connectivity index is 0.00000133. The number of aromatic nitrogens is 1. The number of aliphatic carboxylic acids is 1. The first kappa shape index (κ1) is 13.1. The molecule has 1 unspecified atom stereocenters. The first-order chi connectivity index (χ1) is 8.68. The van der Waals surface area contributed by atoms with Crippen molar-refractivity contribution in [2.45, 2.75) is 18.9 Å². The molecular weight excluding hydrogens is 248 g/mol. The molecule has 6 heteroatoms. The number of ketones is 1. The number of furan rings is 1. The van der Waals surface area contributed by atoms with Gasteiger partial charge in [-0.05, 0) is 30.7 Å². The molecule has 6 nitrogen and oxygen atoms in total. The van der Waals surface area contributed by atoms with Crippen molar-refractivity contribution in [3.63, 3.8) is 0 Å². The van der Waals surface area contributed by atoms with E-state index in [9.17, 15) is 9.59 Å². The lowest BCUT2D eigenvalue weighted by Crippen LogP contribution is -2.09. The number of carbonyl (C=O) groups is 2. The topological polar surface area (TPSA) is 107 Å². The smallest absolute Gasteiger partial charge is 0.312 e. The van der Waals surface area contributed by atoms with E-state index in [0.29, 0.717) is 24.4 Å². The van der Waals surface area contributed by atoms with E-state index in [4.69, 9.17) is 9.52 Å². The molecule has 0 radical (unpaired) electrons. The highest BCUT2D eigenvalue weighted by molar-refractivity contribution is 6.06. The lowest BCUT2D eigenvalue weighted by Gasteiger charge is -2.03. The number of fused-ring (bicyclic) bond motifs is 1. The van der Waals surface area contributed by atoms with Crippen molar-refractivity contribution in [2.75, 3.05) is 0 Å². The molecule has 0 aliphatic carbocycles. The van der Waals surface area contributed by atoms with Crippen molar-refractivity contribution in [3.05, 3.63) is 47.7 Å². The van der Waals surface area contributed by atoms with Gasteiger partial charge in [-0.3, -0.25) is 9.59 Å². The van der Waals surface area contributed by atoms with Gasteiger partial charge in [-0.15, -0.1) is 0 Å². The Bertz CT molecular complexity index is 613. The van der Waals surface area contributed by atoms with E-state index >= 15 is 0 Å². The monoisotopic (exact) mass is 262 g/mol. The molecule has 2 aromatic rings. The molecule has 0 bridgehead atoms. The van der Waals surface area contributed by atoms with Crippen molar-refractivity contribution < 1.29 is 19.1 Å². The maximum absolute atomic E-state index is 12.1. The predicted molar refractivity (Wildman–Crippen MR) is 66.6 cm³/mol. The highest BCUT2D eigenvalue weighted by Crippen LogP contribution is 2.31. The summed E-state index contributed by atoms with van der Waals surface area (Å²) in [6.45, 7) is 0.557. The average molecular weight is 262 g/mol. The molecule has 1 atom stereocenters. The zero-order valence-corrected chi connectivity index (χ0v) is 10.2. The quantitative estimate of drug-likeness (QED) is 0.823. The molecule has 2 aromatic heterocycles. The van der Waals surface area contributed by atoms with Crippen LogP contribution in [0.1, 0.15) is 34.3 Å². The lowest BCUT2D eigenvalue weighted by atomic mass is 10.1. The van der Waals surface area contributed by atoms with Crippen LogP contribution in [-0.2, 0) is 11.3 Å². The Kier molecular flexibility index (Phi) is 3.26. The first-order valence-electron chi connectivity index (χ1n) is 5.69. The number of nitrogens with zero attached hydrogens (tertiary/aromatic N) is 1. The molecule has 0 spiro atoms. The minimum absolute atomic E-state index is 0. The van der Waals surface area contributed by atoms with Crippen LogP contribution in [0, 0.1) is 0 Å². The van der Waals surface area contributed by atoms with E-state index in [1.807, 2.05) is 0 Å². The Labute approximate surface area is 109 Å². The third-order valence-corrected chi connectivity index (χ3v) is 3.29. The Morgan fingerprint density at radius 3 is 2.74 bits per heavy atom. The van der Waals surface area contributed by atoms with Crippen LogP contribution in [0.2, 0.25) is 0 Å². The third-order valence-electron chi connectivity index (χ3n) is 3.29. The fourth-order valence-electron chi connectivity index (χ4n) is 2.43. The second-order valence-corrected chi connectivity index (χ2v) is 4.28. The number of hydrogen-bond acceptors (Lipinski definition) is 4. The fourth-order valence-corrected chi connectivity index (χ4v) is 2.43. The molecule has 0 aromatic carbocycles. The normalized spacial score (nSPS) is 16.7. The van der Waals surface area contributed by atoms with E-state index in [0.717, 1.165) is 0 Å². The number of carboxylic acid groups (broad SMARTS) is 1. The Morgan fingerprint density at radius 1 is 1.32 bits per heavy atom. The molecule has 0 saturated heterocycles. The molecule has 0 fully saturated rings. The van der Waals surface area contributed by atoms with Gasteiger partial charge >= 0.3 is 5.97 Å². The van der Waals surface area contributed by atoms with Crippen LogP contribution >= 0.6 is 0 Å². The molecule has 100 valence electrons. The van der Waals surface area contributed by atoms with E-state index < -0.39 is 11.9 Å². The summed E-state index contributed by atoms with van der Waals surface area (Å²) < 4.78 is 6.84. The zero-order chi connectivity index (χ0) is 12.7. The minimum Gasteiger partial charge on any atom is -0.481 e. The SMILES string of the molecule is N.O=C(c1ccco1)c1ccc2n1CCC2C(=O)O. The Hall–Kier alpha value is -2.34. The van der Waals surface area contributed by atoms with E-state index in [1.54, 1.807) is 28.8 Å². The molecule has 1 aliphatic heterocycles. The van der Waals surface area contributed by atoms with Crippen LogP contribution in [0.4, 0.5) is 0 Å². The van der Waals surface area contributed by atoms with Crippen LogP contribution in [0.15, 0.2) is 34.9 Å². The number of hydrogen-bond donors (Lipinski definition) is 2.